The fraction of sp³-hybridized carbons (Fsp3) is 0.529. The fourth-order valence-electron chi connectivity index (χ4n) is 2.15. The van der Waals surface area contributed by atoms with E-state index >= 15 is 0 Å². The van der Waals surface area contributed by atoms with Crippen molar-refractivity contribution in [1.29, 1.82) is 0 Å². The van der Waals surface area contributed by atoms with Gasteiger partial charge in [0.2, 0.25) is 5.91 Å². The summed E-state index contributed by atoms with van der Waals surface area (Å²) in [6.45, 7) is 6.98. The third-order valence-electron chi connectivity index (χ3n) is 3.61. The van der Waals surface area contributed by atoms with Gasteiger partial charge in [0.25, 0.3) is 5.91 Å². The number of likely N-dealkylation sites (N-methyl/N-ethyl adjacent to an activating group) is 1. The van der Waals surface area contributed by atoms with Crippen molar-refractivity contribution in [3.63, 3.8) is 0 Å². The van der Waals surface area contributed by atoms with Gasteiger partial charge < -0.3 is 19.9 Å². The van der Waals surface area contributed by atoms with E-state index in [2.05, 4.69) is 5.32 Å². The molecule has 23 heavy (non-hydrogen) atoms. The molecular weight excluding hydrogens is 294 g/mol. The Labute approximate surface area is 137 Å². The zero-order valence-corrected chi connectivity index (χ0v) is 14.5. The lowest BCUT2D eigenvalue weighted by Gasteiger charge is -2.30. The number of fused-ring (bicyclic) bond motifs is 1. The second-order valence-corrected chi connectivity index (χ2v) is 7.02. The molecule has 0 fully saturated rings. The minimum atomic E-state index is -0.468. The Morgan fingerprint density at radius 2 is 2.04 bits per heavy atom. The lowest BCUT2D eigenvalue weighted by Crippen LogP contribution is -2.42. The van der Waals surface area contributed by atoms with E-state index in [4.69, 9.17) is 4.74 Å². The summed E-state index contributed by atoms with van der Waals surface area (Å²) in [5, 5.41) is 2.88. The first-order valence-corrected chi connectivity index (χ1v) is 7.72. The van der Waals surface area contributed by atoms with Crippen LogP contribution in [0, 0.1) is 5.41 Å². The molecule has 1 aliphatic heterocycles. The molecule has 0 atom stereocenters. The van der Waals surface area contributed by atoms with Crippen LogP contribution in [0.3, 0.4) is 0 Å². The summed E-state index contributed by atoms with van der Waals surface area (Å²) in [7, 11) is 3.94. The van der Waals surface area contributed by atoms with Crippen molar-refractivity contribution >= 4 is 23.2 Å². The van der Waals surface area contributed by atoms with Crippen LogP contribution in [0.5, 0.6) is 5.75 Å². The van der Waals surface area contributed by atoms with E-state index in [-0.39, 0.29) is 18.4 Å². The van der Waals surface area contributed by atoms with Gasteiger partial charge in [-0.15, -0.1) is 0 Å². The second kappa shape index (κ2) is 6.58. The Bertz CT molecular complexity index is 606. The predicted octanol–water partition coefficient (Wildman–Crippen LogP) is 1.96. The highest BCUT2D eigenvalue weighted by atomic mass is 16.5. The molecule has 0 saturated carbocycles. The van der Waals surface area contributed by atoms with Gasteiger partial charge >= 0.3 is 0 Å². The average molecular weight is 319 g/mol. The number of benzene rings is 1. The predicted molar refractivity (Wildman–Crippen MR) is 90.9 cm³/mol. The van der Waals surface area contributed by atoms with Gasteiger partial charge in [0.05, 0.1) is 5.69 Å². The standard InChI is InChI=1S/C17H25N3O3/c1-17(2,3)16(22)18-12-6-7-13-14(10-12)23-11-15(21)20(13)9-8-19(4)5/h6-7,10H,8-9,11H2,1-5H3,(H,18,22). The highest BCUT2D eigenvalue weighted by molar-refractivity contribution is 5.99. The number of carbonyl (C=O) groups is 2. The van der Waals surface area contributed by atoms with Crippen molar-refractivity contribution < 1.29 is 14.3 Å². The van der Waals surface area contributed by atoms with Crippen LogP contribution in [-0.4, -0.2) is 50.5 Å². The van der Waals surface area contributed by atoms with Crippen molar-refractivity contribution in [3.05, 3.63) is 18.2 Å². The van der Waals surface area contributed by atoms with Crippen LogP contribution in [-0.2, 0) is 9.59 Å². The van der Waals surface area contributed by atoms with Gasteiger partial charge in [-0.2, -0.15) is 0 Å². The van der Waals surface area contributed by atoms with Gasteiger partial charge in [0.15, 0.2) is 6.61 Å². The smallest absolute Gasteiger partial charge is 0.265 e. The first-order valence-electron chi connectivity index (χ1n) is 7.72. The Hall–Kier alpha value is -2.08. The Kier molecular flexibility index (Phi) is 4.94. The average Bonchev–Trinajstić information content (AvgIpc) is 2.45. The Balaban J connectivity index is 2.19. The van der Waals surface area contributed by atoms with E-state index in [1.54, 1.807) is 17.0 Å². The molecule has 2 rings (SSSR count). The number of nitrogens with zero attached hydrogens (tertiary/aromatic N) is 2. The summed E-state index contributed by atoms with van der Waals surface area (Å²) in [6.07, 6.45) is 0. The van der Waals surface area contributed by atoms with Gasteiger partial charge in [-0.05, 0) is 26.2 Å². The van der Waals surface area contributed by atoms with Gasteiger partial charge in [0.1, 0.15) is 5.75 Å². The number of amides is 2. The minimum absolute atomic E-state index is 0.0249. The third kappa shape index (κ3) is 4.22. The van der Waals surface area contributed by atoms with Crippen LogP contribution in [0.1, 0.15) is 20.8 Å². The molecule has 1 aliphatic rings. The molecule has 1 heterocycles. The molecule has 0 aromatic heterocycles. The quantitative estimate of drug-likeness (QED) is 0.921. The van der Waals surface area contributed by atoms with Crippen LogP contribution in [0.2, 0.25) is 0 Å². The van der Waals surface area contributed by atoms with E-state index < -0.39 is 5.41 Å². The molecule has 2 amide bonds. The normalized spacial score (nSPS) is 14.5. The van der Waals surface area contributed by atoms with Gasteiger partial charge in [-0.25, -0.2) is 0 Å². The number of rotatable bonds is 4. The van der Waals surface area contributed by atoms with E-state index in [1.807, 2.05) is 45.8 Å². The zero-order chi connectivity index (χ0) is 17.2. The number of nitrogens with one attached hydrogen (secondary N) is 1. The van der Waals surface area contributed by atoms with Gasteiger partial charge in [-0.3, -0.25) is 9.59 Å². The van der Waals surface area contributed by atoms with Crippen molar-refractivity contribution in [2.24, 2.45) is 5.41 Å². The van der Waals surface area contributed by atoms with E-state index in [0.29, 0.717) is 18.0 Å². The summed E-state index contributed by atoms with van der Waals surface area (Å²) < 4.78 is 5.52. The maximum Gasteiger partial charge on any atom is 0.265 e. The Morgan fingerprint density at radius 1 is 1.35 bits per heavy atom. The third-order valence-corrected chi connectivity index (χ3v) is 3.61. The highest BCUT2D eigenvalue weighted by Crippen LogP contribution is 2.34. The molecule has 6 heteroatoms. The van der Waals surface area contributed by atoms with Gasteiger partial charge in [-0.1, -0.05) is 20.8 Å². The van der Waals surface area contributed by atoms with Crippen LogP contribution in [0.25, 0.3) is 0 Å². The molecule has 126 valence electrons. The molecule has 1 aromatic carbocycles. The van der Waals surface area contributed by atoms with Crippen LogP contribution < -0.4 is 15.0 Å². The van der Waals surface area contributed by atoms with E-state index in [1.165, 1.54) is 0 Å². The first-order chi connectivity index (χ1) is 10.7. The largest absolute Gasteiger partial charge is 0.481 e. The molecule has 6 nitrogen and oxygen atoms in total. The first kappa shape index (κ1) is 17.3. The number of anilines is 2. The van der Waals surface area contributed by atoms with Gasteiger partial charge in [0, 0.05) is 30.3 Å². The lowest BCUT2D eigenvalue weighted by atomic mass is 9.95. The number of hydrogen-bond acceptors (Lipinski definition) is 4. The molecule has 0 spiro atoms. The minimum Gasteiger partial charge on any atom is -0.481 e. The molecule has 1 N–H and O–H groups in total. The van der Waals surface area contributed by atoms with Crippen molar-refractivity contribution in [2.75, 3.05) is 44.0 Å². The SMILES string of the molecule is CN(C)CCN1C(=O)COc2cc(NC(=O)C(C)(C)C)ccc21. The summed E-state index contributed by atoms with van der Waals surface area (Å²) in [5.74, 6) is 0.509. The van der Waals surface area contributed by atoms with Crippen molar-refractivity contribution in [2.45, 2.75) is 20.8 Å². The van der Waals surface area contributed by atoms with E-state index in [9.17, 15) is 9.59 Å². The molecule has 0 aliphatic carbocycles. The number of ether oxygens (including phenoxy) is 1. The van der Waals surface area contributed by atoms with Crippen molar-refractivity contribution in [1.82, 2.24) is 4.90 Å². The maximum atomic E-state index is 12.1. The fourth-order valence-corrected chi connectivity index (χ4v) is 2.15. The molecule has 1 aromatic rings. The number of hydrogen-bond donors (Lipinski definition) is 1. The van der Waals surface area contributed by atoms with Crippen molar-refractivity contribution in [3.8, 4) is 5.75 Å². The summed E-state index contributed by atoms with van der Waals surface area (Å²) in [6, 6.07) is 5.39. The Morgan fingerprint density at radius 3 is 2.65 bits per heavy atom. The monoisotopic (exact) mass is 319 g/mol. The molecule has 0 saturated heterocycles. The molecule has 0 bridgehead atoms. The van der Waals surface area contributed by atoms with Crippen LogP contribution >= 0.6 is 0 Å². The maximum absolute atomic E-state index is 12.1. The van der Waals surface area contributed by atoms with Crippen LogP contribution in [0.15, 0.2) is 18.2 Å². The molecular formula is C17H25N3O3. The molecule has 0 unspecified atom stereocenters. The second-order valence-electron chi connectivity index (χ2n) is 7.02. The lowest BCUT2D eigenvalue weighted by molar-refractivity contribution is -0.123. The topological polar surface area (TPSA) is 61.9 Å². The highest BCUT2D eigenvalue weighted by Gasteiger charge is 2.26. The summed E-state index contributed by atoms with van der Waals surface area (Å²) >= 11 is 0. The number of carbonyl (C=O) groups excluding carboxylic acids is 2. The summed E-state index contributed by atoms with van der Waals surface area (Å²) in [4.78, 5) is 27.9. The molecule has 0 radical (unpaired) electrons. The van der Waals surface area contributed by atoms with E-state index in [0.717, 1.165) is 12.2 Å². The zero-order valence-electron chi connectivity index (χ0n) is 14.5. The van der Waals surface area contributed by atoms with Crippen LogP contribution in [0.4, 0.5) is 11.4 Å². The summed E-state index contributed by atoms with van der Waals surface area (Å²) in [5.41, 5.74) is 0.951.